The molecule has 1 saturated heterocycles. The molecule has 1 heterocycles. The number of nitrogens with zero attached hydrogens (tertiary/aromatic N) is 1. The van der Waals surface area contributed by atoms with Crippen LogP contribution >= 0.6 is 0 Å². The highest BCUT2D eigenvalue weighted by molar-refractivity contribution is 5.82. The second-order valence-electron chi connectivity index (χ2n) is 6.47. The summed E-state index contributed by atoms with van der Waals surface area (Å²) in [6, 6.07) is 8.05. The Morgan fingerprint density at radius 1 is 1.22 bits per heavy atom. The van der Waals surface area contributed by atoms with Crippen molar-refractivity contribution in [2.24, 2.45) is 11.7 Å². The minimum atomic E-state index is -0.255. The minimum absolute atomic E-state index is 0.0896. The van der Waals surface area contributed by atoms with Gasteiger partial charge in [-0.2, -0.15) is 0 Å². The Hall–Kier alpha value is -1.88. The van der Waals surface area contributed by atoms with Crippen molar-refractivity contribution in [3.05, 3.63) is 35.4 Å². The first-order valence-electron chi connectivity index (χ1n) is 8.29. The van der Waals surface area contributed by atoms with E-state index in [-0.39, 0.29) is 29.8 Å². The number of likely N-dealkylation sites (tertiary alicyclic amines) is 1. The Labute approximate surface area is 138 Å². The van der Waals surface area contributed by atoms with Crippen molar-refractivity contribution in [1.82, 2.24) is 10.2 Å². The van der Waals surface area contributed by atoms with Gasteiger partial charge >= 0.3 is 0 Å². The molecule has 0 saturated carbocycles. The molecule has 0 aromatic heterocycles. The minimum Gasteiger partial charge on any atom is -0.369 e. The molecule has 0 aliphatic carbocycles. The van der Waals surface area contributed by atoms with Crippen LogP contribution < -0.4 is 11.1 Å². The van der Waals surface area contributed by atoms with E-state index in [0.717, 1.165) is 0 Å². The summed E-state index contributed by atoms with van der Waals surface area (Å²) in [6.07, 6.45) is 1.34. The van der Waals surface area contributed by atoms with Crippen molar-refractivity contribution in [3.8, 4) is 0 Å². The Balaban J connectivity index is 1.90. The molecule has 2 atom stereocenters. The van der Waals surface area contributed by atoms with E-state index in [4.69, 9.17) is 5.73 Å². The van der Waals surface area contributed by atoms with Crippen molar-refractivity contribution in [1.29, 1.82) is 0 Å². The SMILES string of the molecule is Cc1ccccc1[C@@H](C)N[C@H](C)C(=O)N1CCC(C(N)=O)CC1. The number of hydrogen-bond donors (Lipinski definition) is 2. The number of primary amides is 1. The van der Waals surface area contributed by atoms with Gasteiger partial charge in [0.1, 0.15) is 0 Å². The molecule has 3 N–H and O–H groups in total. The molecule has 0 unspecified atom stereocenters. The van der Waals surface area contributed by atoms with E-state index in [1.54, 1.807) is 0 Å². The highest BCUT2D eigenvalue weighted by atomic mass is 16.2. The van der Waals surface area contributed by atoms with Gasteiger partial charge in [0.15, 0.2) is 0 Å². The standard InChI is InChI=1S/C18H27N3O2/c1-12-6-4-5-7-16(12)13(2)20-14(3)18(23)21-10-8-15(9-11-21)17(19)22/h4-7,13-15,20H,8-11H2,1-3H3,(H2,19,22)/t13-,14-/m1/s1. The molecule has 1 aromatic rings. The number of piperidine rings is 1. The zero-order chi connectivity index (χ0) is 17.0. The normalized spacial score (nSPS) is 18.5. The maximum Gasteiger partial charge on any atom is 0.239 e. The number of aryl methyl sites for hydroxylation is 1. The zero-order valence-electron chi connectivity index (χ0n) is 14.2. The lowest BCUT2D eigenvalue weighted by Crippen LogP contribution is -2.49. The molecule has 1 aromatic carbocycles. The molecule has 1 aliphatic heterocycles. The number of carbonyl (C=O) groups excluding carboxylic acids is 2. The number of hydrogen-bond acceptors (Lipinski definition) is 3. The molecule has 1 fully saturated rings. The maximum absolute atomic E-state index is 12.6. The highest BCUT2D eigenvalue weighted by Gasteiger charge is 2.28. The van der Waals surface area contributed by atoms with E-state index in [0.29, 0.717) is 25.9 Å². The smallest absolute Gasteiger partial charge is 0.239 e. The molecular weight excluding hydrogens is 290 g/mol. The fraction of sp³-hybridized carbons (Fsp3) is 0.556. The van der Waals surface area contributed by atoms with Gasteiger partial charge < -0.3 is 10.6 Å². The van der Waals surface area contributed by atoms with Gasteiger partial charge in [-0.1, -0.05) is 24.3 Å². The molecule has 0 spiro atoms. The van der Waals surface area contributed by atoms with E-state index in [1.807, 2.05) is 24.0 Å². The molecule has 5 heteroatoms. The van der Waals surface area contributed by atoms with E-state index in [2.05, 4.69) is 31.3 Å². The van der Waals surface area contributed by atoms with Crippen LogP contribution in [0.4, 0.5) is 0 Å². The van der Waals surface area contributed by atoms with Crippen LogP contribution in [0, 0.1) is 12.8 Å². The van der Waals surface area contributed by atoms with E-state index >= 15 is 0 Å². The molecule has 2 amide bonds. The predicted molar refractivity (Wildman–Crippen MR) is 90.7 cm³/mol. The largest absolute Gasteiger partial charge is 0.369 e. The zero-order valence-corrected chi connectivity index (χ0v) is 14.2. The summed E-state index contributed by atoms with van der Waals surface area (Å²) in [5.74, 6) is -0.252. The van der Waals surface area contributed by atoms with E-state index in [1.165, 1.54) is 11.1 Å². The van der Waals surface area contributed by atoms with Gasteiger partial charge in [0.25, 0.3) is 0 Å². The number of nitrogens with one attached hydrogen (secondary N) is 1. The van der Waals surface area contributed by atoms with Gasteiger partial charge in [0.05, 0.1) is 6.04 Å². The molecule has 23 heavy (non-hydrogen) atoms. The highest BCUT2D eigenvalue weighted by Crippen LogP contribution is 2.20. The van der Waals surface area contributed by atoms with E-state index in [9.17, 15) is 9.59 Å². The summed E-state index contributed by atoms with van der Waals surface area (Å²) >= 11 is 0. The van der Waals surface area contributed by atoms with Crippen molar-refractivity contribution in [2.45, 2.75) is 45.7 Å². The van der Waals surface area contributed by atoms with Crippen molar-refractivity contribution >= 4 is 11.8 Å². The lowest BCUT2D eigenvalue weighted by Gasteiger charge is -2.33. The average Bonchev–Trinajstić information content (AvgIpc) is 2.54. The Morgan fingerprint density at radius 2 is 1.83 bits per heavy atom. The Bertz CT molecular complexity index is 565. The third kappa shape index (κ3) is 4.32. The Morgan fingerprint density at radius 3 is 2.39 bits per heavy atom. The number of carbonyl (C=O) groups is 2. The van der Waals surface area contributed by atoms with Gasteiger partial charge in [0, 0.05) is 25.0 Å². The van der Waals surface area contributed by atoms with Crippen molar-refractivity contribution in [2.75, 3.05) is 13.1 Å². The summed E-state index contributed by atoms with van der Waals surface area (Å²) in [7, 11) is 0. The molecule has 5 nitrogen and oxygen atoms in total. The third-order valence-electron chi connectivity index (χ3n) is 4.73. The monoisotopic (exact) mass is 317 g/mol. The number of amides is 2. The molecule has 1 aliphatic rings. The lowest BCUT2D eigenvalue weighted by atomic mass is 9.96. The first-order valence-corrected chi connectivity index (χ1v) is 8.29. The number of nitrogens with two attached hydrogens (primary N) is 1. The lowest BCUT2D eigenvalue weighted by molar-refractivity contribution is -0.136. The van der Waals surface area contributed by atoms with Crippen LogP contribution in [-0.4, -0.2) is 35.8 Å². The molecule has 126 valence electrons. The molecular formula is C18H27N3O2. The van der Waals surface area contributed by atoms with Crippen LogP contribution in [0.1, 0.15) is 43.9 Å². The first-order chi connectivity index (χ1) is 10.9. The topological polar surface area (TPSA) is 75.4 Å². The molecule has 0 radical (unpaired) electrons. The second-order valence-corrected chi connectivity index (χ2v) is 6.47. The van der Waals surface area contributed by atoms with Crippen molar-refractivity contribution < 1.29 is 9.59 Å². The van der Waals surface area contributed by atoms with Gasteiger partial charge in [0.2, 0.25) is 11.8 Å². The van der Waals surface area contributed by atoms with Gasteiger partial charge in [-0.25, -0.2) is 0 Å². The number of benzene rings is 1. The van der Waals surface area contributed by atoms with Crippen LogP contribution in [0.15, 0.2) is 24.3 Å². The van der Waals surface area contributed by atoms with Crippen LogP contribution in [-0.2, 0) is 9.59 Å². The summed E-state index contributed by atoms with van der Waals surface area (Å²) in [6.45, 7) is 7.27. The van der Waals surface area contributed by atoms with Crippen molar-refractivity contribution in [3.63, 3.8) is 0 Å². The quantitative estimate of drug-likeness (QED) is 0.869. The van der Waals surface area contributed by atoms with Crippen LogP contribution in [0.25, 0.3) is 0 Å². The average molecular weight is 317 g/mol. The second kappa shape index (κ2) is 7.59. The van der Waals surface area contributed by atoms with Crippen LogP contribution in [0.5, 0.6) is 0 Å². The van der Waals surface area contributed by atoms with Gasteiger partial charge in [-0.3, -0.25) is 14.9 Å². The summed E-state index contributed by atoms with van der Waals surface area (Å²) in [5.41, 5.74) is 7.76. The van der Waals surface area contributed by atoms with Crippen LogP contribution in [0.2, 0.25) is 0 Å². The molecule has 0 bridgehead atoms. The Kier molecular flexibility index (Phi) is 5.77. The summed E-state index contributed by atoms with van der Waals surface area (Å²) in [4.78, 5) is 25.6. The fourth-order valence-electron chi connectivity index (χ4n) is 3.27. The predicted octanol–water partition coefficient (Wildman–Crippen LogP) is 1.76. The maximum atomic E-state index is 12.6. The first kappa shape index (κ1) is 17.5. The van der Waals surface area contributed by atoms with Gasteiger partial charge in [-0.15, -0.1) is 0 Å². The van der Waals surface area contributed by atoms with E-state index < -0.39 is 0 Å². The number of rotatable bonds is 5. The summed E-state index contributed by atoms with van der Waals surface area (Å²) in [5, 5.41) is 3.39. The fourth-order valence-corrected chi connectivity index (χ4v) is 3.27. The third-order valence-corrected chi connectivity index (χ3v) is 4.73. The van der Waals surface area contributed by atoms with Gasteiger partial charge in [-0.05, 0) is 44.7 Å². The van der Waals surface area contributed by atoms with Crippen LogP contribution in [0.3, 0.4) is 0 Å². The molecule has 2 rings (SSSR count). The summed E-state index contributed by atoms with van der Waals surface area (Å²) < 4.78 is 0.